The number of carbonyl (C=O) groups excluding carboxylic acids is 1. The van der Waals surface area contributed by atoms with E-state index in [-0.39, 0.29) is 5.91 Å². The summed E-state index contributed by atoms with van der Waals surface area (Å²) in [7, 11) is 0. The molecule has 1 heterocycles. The minimum atomic E-state index is -0.217. The molecule has 0 bridgehead atoms. The van der Waals surface area contributed by atoms with Crippen LogP contribution in [-0.2, 0) is 6.42 Å². The minimum absolute atomic E-state index is 0.217. The van der Waals surface area contributed by atoms with Gasteiger partial charge in [0.25, 0.3) is 5.91 Å². The van der Waals surface area contributed by atoms with Gasteiger partial charge in [0.05, 0.1) is 0 Å². The average Bonchev–Trinajstić information content (AvgIpc) is 2.53. The molecule has 5 heteroatoms. The molecule has 2 rings (SSSR count). The lowest BCUT2D eigenvalue weighted by Gasteiger charge is -2.11. The number of hydrogen-bond donors (Lipinski definition) is 2. The molecule has 22 heavy (non-hydrogen) atoms. The number of carbonyl (C=O) groups is 1. The lowest BCUT2D eigenvalue weighted by Crippen LogP contribution is -2.16. The Bertz CT molecular complexity index is 655. The van der Waals surface area contributed by atoms with Gasteiger partial charge in [-0.15, -0.1) is 0 Å². The molecule has 116 valence electrons. The summed E-state index contributed by atoms with van der Waals surface area (Å²) in [5, 5.41) is 6.12. The molecule has 2 aromatic rings. The van der Waals surface area contributed by atoms with Crippen LogP contribution in [0.2, 0.25) is 0 Å². The van der Waals surface area contributed by atoms with Crippen molar-refractivity contribution in [2.75, 3.05) is 17.2 Å². The zero-order valence-electron chi connectivity index (χ0n) is 13.3. The van der Waals surface area contributed by atoms with Crippen LogP contribution in [0.5, 0.6) is 0 Å². The second-order valence-electron chi connectivity index (χ2n) is 5.08. The second kappa shape index (κ2) is 7.54. The zero-order chi connectivity index (χ0) is 15.9. The van der Waals surface area contributed by atoms with Crippen LogP contribution in [0.4, 0.5) is 11.5 Å². The van der Waals surface area contributed by atoms with E-state index in [1.54, 1.807) is 13.0 Å². The lowest BCUT2D eigenvalue weighted by atomic mass is 10.1. The lowest BCUT2D eigenvalue weighted by molar-refractivity contribution is 0.102. The van der Waals surface area contributed by atoms with E-state index in [1.807, 2.05) is 24.3 Å². The molecule has 0 saturated heterocycles. The fourth-order valence-corrected chi connectivity index (χ4v) is 2.16. The van der Waals surface area contributed by atoms with Gasteiger partial charge in [-0.3, -0.25) is 4.79 Å². The van der Waals surface area contributed by atoms with Crippen molar-refractivity contribution in [1.82, 2.24) is 9.97 Å². The summed E-state index contributed by atoms with van der Waals surface area (Å²) in [6.45, 7) is 6.74. The number of amides is 1. The third kappa shape index (κ3) is 4.04. The molecular formula is C17H22N4O. The van der Waals surface area contributed by atoms with Crippen molar-refractivity contribution in [1.29, 1.82) is 0 Å². The molecule has 0 aliphatic heterocycles. The van der Waals surface area contributed by atoms with Gasteiger partial charge in [0, 0.05) is 18.3 Å². The molecule has 0 radical (unpaired) electrons. The second-order valence-corrected chi connectivity index (χ2v) is 5.08. The van der Waals surface area contributed by atoms with Crippen molar-refractivity contribution in [3.05, 3.63) is 47.4 Å². The molecule has 1 aromatic carbocycles. The predicted molar refractivity (Wildman–Crippen MR) is 89.3 cm³/mol. The van der Waals surface area contributed by atoms with Crippen molar-refractivity contribution in [2.45, 2.75) is 33.6 Å². The van der Waals surface area contributed by atoms with E-state index in [9.17, 15) is 4.79 Å². The number of aryl methyl sites for hydroxylation is 2. The number of para-hydroxylation sites is 1. The molecule has 0 aliphatic carbocycles. The Hall–Kier alpha value is -2.43. The molecular weight excluding hydrogens is 276 g/mol. The summed E-state index contributed by atoms with van der Waals surface area (Å²) in [6.07, 6.45) is 1.86. The summed E-state index contributed by atoms with van der Waals surface area (Å²) < 4.78 is 0. The van der Waals surface area contributed by atoms with Crippen LogP contribution in [-0.4, -0.2) is 22.4 Å². The Kier molecular flexibility index (Phi) is 5.47. The first-order valence-electron chi connectivity index (χ1n) is 7.62. The van der Waals surface area contributed by atoms with Gasteiger partial charge < -0.3 is 10.6 Å². The fourth-order valence-electron chi connectivity index (χ4n) is 2.16. The Morgan fingerprint density at radius 2 is 1.95 bits per heavy atom. The van der Waals surface area contributed by atoms with Gasteiger partial charge in [0.2, 0.25) is 0 Å². The van der Waals surface area contributed by atoms with Gasteiger partial charge in [-0.1, -0.05) is 32.0 Å². The van der Waals surface area contributed by atoms with Crippen molar-refractivity contribution < 1.29 is 4.79 Å². The topological polar surface area (TPSA) is 66.9 Å². The Morgan fingerprint density at radius 1 is 1.18 bits per heavy atom. The van der Waals surface area contributed by atoms with Crippen LogP contribution < -0.4 is 10.6 Å². The zero-order valence-corrected chi connectivity index (χ0v) is 13.3. The number of anilines is 2. The minimum Gasteiger partial charge on any atom is -0.370 e. The van der Waals surface area contributed by atoms with E-state index in [0.717, 1.165) is 30.6 Å². The van der Waals surface area contributed by atoms with E-state index in [1.165, 1.54) is 0 Å². The normalized spacial score (nSPS) is 10.3. The largest absolute Gasteiger partial charge is 0.370 e. The molecule has 0 fully saturated rings. The third-order valence-corrected chi connectivity index (χ3v) is 3.27. The van der Waals surface area contributed by atoms with Crippen molar-refractivity contribution in [3.8, 4) is 0 Å². The first kappa shape index (κ1) is 15.9. The standard InChI is InChI=1S/C17H22N4O/c1-4-10-18-16-11-15(19-12(3)20-16)17(22)21-14-9-7-6-8-13(14)5-2/h6-9,11H,4-5,10H2,1-3H3,(H,21,22)(H,18,19,20). The van der Waals surface area contributed by atoms with Crippen LogP contribution in [0.3, 0.4) is 0 Å². The molecule has 0 saturated carbocycles. The van der Waals surface area contributed by atoms with Crippen LogP contribution in [0, 0.1) is 6.92 Å². The molecule has 0 spiro atoms. The van der Waals surface area contributed by atoms with Crippen LogP contribution in [0.1, 0.15) is 42.1 Å². The summed E-state index contributed by atoms with van der Waals surface area (Å²) in [5.41, 5.74) is 2.30. The van der Waals surface area contributed by atoms with Crippen LogP contribution >= 0.6 is 0 Å². The number of rotatable bonds is 6. The molecule has 0 aliphatic rings. The van der Waals surface area contributed by atoms with E-state index >= 15 is 0 Å². The van der Waals surface area contributed by atoms with E-state index in [4.69, 9.17) is 0 Å². The van der Waals surface area contributed by atoms with E-state index in [0.29, 0.717) is 17.3 Å². The summed E-state index contributed by atoms with van der Waals surface area (Å²) in [6, 6.07) is 9.48. The highest BCUT2D eigenvalue weighted by molar-refractivity contribution is 6.03. The fraction of sp³-hybridized carbons (Fsp3) is 0.353. The highest BCUT2D eigenvalue weighted by Gasteiger charge is 2.12. The van der Waals surface area contributed by atoms with E-state index in [2.05, 4.69) is 34.4 Å². The maximum absolute atomic E-state index is 12.4. The highest BCUT2D eigenvalue weighted by atomic mass is 16.1. The maximum Gasteiger partial charge on any atom is 0.274 e. The summed E-state index contributed by atoms with van der Waals surface area (Å²) in [4.78, 5) is 21.0. The Morgan fingerprint density at radius 3 is 2.68 bits per heavy atom. The van der Waals surface area contributed by atoms with Gasteiger partial charge in [-0.05, 0) is 31.4 Å². The quantitative estimate of drug-likeness (QED) is 0.857. The molecule has 0 atom stereocenters. The van der Waals surface area contributed by atoms with E-state index < -0.39 is 0 Å². The summed E-state index contributed by atoms with van der Waals surface area (Å²) in [5.74, 6) is 1.05. The Labute approximate surface area is 131 Å². The van der Waals surface area contributed by atoms with Crippen molar-refractivity contribution in [3.63, 3.8) is 0 Å². The van der Waals surface area contributed by atoms with Crippen molar-refractivity contribution in [2.24, 2.45) is 0 Å². The number of hydrogen-bond acceptors (Lipinski definition) is 4. The van der Waals surface area contributed by atoms with Gasteiger partial charge in [0.1, 0.15) is 17.3 Å². The number of nitrogens with zero attached hydrogens (tertiary/aromatic N) is 2. The van der Waals surface area contributed by atoms with Crippen LogP contribution in [0.15, 0.2) is 30.3 Å². The summed E-state index contributed by atoms with van der Waals surface area (Å²) >= 11 is 0. The van der Waals surface area contributed by atoms with Gasteiger partial charge in [0.15, 0.2) is 0 Å². The maximum atomic E-state index is 12.4. The monoisotopic (exact) mass is 298 g/mol. The number of benzene rings is 1. The predicted octanol–water partition coefficient (Wildman–Crippen LogP) is 3.42. The SMILES string of the molecule is CCCNc1cc(C(=O)Nc2ccccc2CC)nc(C)n1. The highest BCUT2D eigenvalue weighted by Crippen LogP contribution is 2.17. The Balaban J connectivity index is 2.20. The average molecular weight is 298 g/mol. The molecule has 5 nitrogen and oxygen atoms in total. The van der Waals surface area contributed by atoms with Gasteiger partial charge in [-0.2, -0.15) is 0 Å². The molecule has 1 amide bonds. The van der Waals surface area contributed by atoms with Gasteiger partial charge in [-0.25, -0.2) is 9.97 Å². The molecule has 2 N–H and O–H groups in total. The first-order valence-corrected chi connectivity index (χ1v) is 7.62. The number of nitrogens with one attached hydrogen (secondary N) is 2. The van der Waals surface area contributed by atoms with Gasteiger partial charge >= 0.3 is 0 Å². The third-order valence-electron chi connectivity index (χ3n) is 3.27. The first-order chi connectivity index (χ1) is 10.6. The molecule has 1 aromatic heterocycles. The number of aromatic nitrogens is 2. The smallest absolute Gasteiger partial charge is 0.274 e. The molecule has 0 unspecified atom stereocenters. The van der Waals surface area contributed by atoms with Crippen LogP contribution in [0.25, 0.3) is 0 Å². The van der Waals surface area contributed by atoms with Crippen molar-refractivity contribution >= 4 is 17.4 Å².